The Morgan fingerprint density at radius 3 is 2.36 bits per heavy atom. The van der Waals surface area contributed by atoms with Crippen LogP contribution in [0.3, 0.4) is 0 Å². The van der Waals surface area contributed by atoms with E-state index in [4.69, 9.17) is 4.74 Å². The van der Waals surface area contributed by atoms with E-state index in [1.54, 1.807) is 0 Å². The first-order chi connectivity index (χ1) is 10.5. The van der Waals surface area contributed by atoms with Gasteiger partial charge in [-0.1, -0.05) is 12.1 Å². The van der Waals surface area contributed by atoms with Crippen molar-refractivity contribution in [3.63, 3.8) is 0 Å². The van der Waals surface area contributed by atoms with Crippen molar-refractivity contribution in [3.8, 4) is 5.75 Å². The first-order valence-electron chi connectivity index (χ1n) is 7.74. The SMILES string of the molecule is CCOc1ccc([C@@H](CCC(F)(F)F)N2CCNCC2)cc1. The van der Waals surface area contributed by atoms with Gasteiger partial charge in [0.25, 0.3) is 0 Å². The molecule has 22 heavy (non-hydrogen) atoms. The number of piperazine rings is 1. The summed E-state index contributed by atoms with van der Waals surface area (Å²) in [5.74, 6) is 0.751. The molecule has 1 N–H and O–H groups in total. The van der Waals surface area contributed by atoms with Gasteiger partial charge in [-0.15, -0.1) is 0 Å². The summed E-state index contributed by atoms with van der Waals surface area (Å²) in [4.78, 5) is 2.14. The van der Waals surface area contributed by atoms with E-state index in [1.807, 2.05) is 31.2 Å². The molecule has 1 aromatic carbocycles. The average Bonchev–Trinajstić information content (AvgIpc) is 2.49. The monoisotopic (exact) mass is 316 g/mol. The highest BCUT2D eigenvalue weighted by molar-refractivity contribution is 5.29. The predicted molar refractivity (Wildman–Crippen MR) is 80.1 cm³/mol. The smallest absolute Gasteiger partial charge is 0.389 e. The van der Waals surface area contributed by atoms with Crippen molar-refractivity contribution in [2.45, 2.75) is 32.0 Å². The standard InChI is InChI=1S/C16H23F3N2O/c1-2-22-14-5-3-13(4-6-14)15(7-8-16(17,18)19)21-11-9-20-10-12-21/h3-6,15,20H,2,7-12H2,1H3/t15-/m1/s1. The van der Waals surface area contributed by atoms with Crippen molar-refractivity contribution in [1.82, 2.24) is 10.2 Å². The second kappa shape index (κ2) is 7.83. The Balaban J connectivity index is 2.11. The number of halogens is 3. The van der Waals surface area contributed by atoms with Crippen LogP contribution in [-0.2, 0) is 0 Å². The van der Waals surface area contributed by atoms with E-state index in [-0.39, 0.29) is 12.5 Å². The number of alkyl halides is 3. The number of benzene rings is 1. The largest absolute Gasteiger partial charge is 0.494 e. The van der Waals surface area contributed by atoms with Gasteiger partial charge in [0.05, 0.1) is 6.61 Å². The lowest BCUT2D eigenvalue weighted by molar-refractivity contribution is -0.138. The number of ether oxygens (including phenoxy) is 1. The zero-order valence-corrected chi connectivity index (χ0v) is 12.8. The summed E-state index contributed by atoms with van der Waals surface area (Å²) < 4.78 is 43.2. The van der Waals surface area contributed by atoms with Crippen molar-refractivity contribution in [3.05, 3.63) is 29.8 Å². The van der Waals surface area contributed by atoms with Gasteiger partial charge >= 0.3 is 6.18 Å². The molecule has 0 aromatic heterocycles. The molecule has 1 aliphatic heterocycles. The molecule has 0 unspecified atom stereocenters. The normalized spacial score (nSPS) is 18.2. The third-order valence-corrected chi connectivity index (χ3v) is 3.87. The van der Waals surface area contributed by atoms with Gasteiger partial charge in [0.1, 0.15) is 5.75 Å². The Bertz CT molecular complexity index is 442. The lowest BCUT2D eigenvalue weighted by atomic mass is 9.99. The van der Waals surface area contributed by atoms with Crippen LogP contribution in [0.15, 0.2) is 24.3 Å². The van der Waals surface area contributed by atoms with Crippen molar-refractivity contribution >= 4 is 0 Å². The Morgan fingerprint density at radius 2 is 1.82 bits per heavy atom. The minimum Gasteiger partial charge on any atom is -0.494 e. The molecule has 1 atom stereocenters. The Labute approximate surface area is 129 Å². The first kappa shape index (κ1) is 17.1. The number of rotatable bonds is 6. The highest BCUT2D eigenvalue weighted by Crippen LogP contribution is 2.32. The third kappa shape index (κ3) is 5.18. The van der Waals surface area contributed by atoms with Gasteiger partial charge in [-0.2, -0.15) is 13.2 Å². The van der Waals surface area contributed by atoms with Crippen molar-refractivity contribution in [2.24, 2.45) is 0 Å². The van der Waals surface area contributed by atoms with Crippen LogP contribution in [0.25, 0.3) is 0 Å². The van der Waals surface area contributed by atoms with Gasteiger partial charge in [0.15, 0.2) is 0 Å². The van der Waals surface area contributed by atoms with Gasteiger partial charge < -0.3 is 10.1 Å². The maximum absolute atomic E-state index is 12.6. The van der Waals surface area contributed by atoms with E-state index >= 15 is 0 Å². The van der Waals surface area contributed by atoms with E-state index in [0.29, 0.717) is 6.61 Å². The van der Waals surface area contributed by atoms with Crippen molar-refractivity contribution in [1.29, 1.82) is 0 Å². The minimum absolute atomic E-state index is 0.0947. The Hall–Kier alpha value is -1.27. The van der Waals surface area contributed by atoms with E-state index in [2.05, 4.69) is 10.2 Å². The van der Waals surface area contributed by atoms with Crippen LogP contribution in [0.1, 0.15) is 31.4 Å². The quantitative estimate of drug-likeness (QED) is 0.871. The zero-order valence-electron chi connectivity index (χ0n) is 12.8. The number of hydrogen-bond acceptors (Lipinski definition) is 3. The van der Waals surface area contributed by atoms with E-state index < -0.39 is 12.6 Å². The lowest BCUT2D eigenvalue weighted by Gasteiger charge is -2.35. The zero-order chi connectivity index (χ0) is 16.0. The topological polar surface area (TPSA) is 24.5 Å². The van der Waals surface area contributed by atoms with E-state index in [9.17, 15) is 13.2 Å². The Kier molecular flexibility index (Phi) is 6.08. The molecule has 2 rings (SSSR count). The summed E-state index contributed by atoms with van der Waals surface area (Å²) in [6.07, 6.45) is -4.77. The molecular formula is C16H23F3N2O. The summed E-state index contributed by atoms with van der Waals surface area (Å²) in [5.41, 5.74) is 0.926. The second-order valence-electron chi connectivity index (χ2n) is 5.46. The molecule has 1 saturated heterocycles. The van der Waals surface area contributed by atoms with E-state index in [1.165, 1.54) is 0 Å². The highest BCUT2D eigenvalue weighted by Gasteiger charge is 2.31. The number of hydrogen-bond donors (Lipinski definition) is 1. The van der Waals surface area contributed by atoms with Crippen LogP contribution in [0, 0.1) is 0 Å². The van der Waals surface area contributed by atoms with Crippen LogP contribution in [-0.4, -0.2) is 43.9 Å². The van der Waals surface area contributed by atoms with Crippen LogP contribution in [0.2, 0.25) is 0 Å². The highest BCUT2D eigenvalue weighted by atomic mass is 19.4. The molecule has 0 radical (unpaired) electrons. The molecular weight excluding hydrogens is 293 g/mol. The Morgan fingerprint density at radius 1 is 1.18 bits per heavy atom. The first-order valence-corrected chi connectivity index (χ1v) is 7.74. The summed E-state index contributed by atoms with van der Waals surface area (Å²) in [7, 11) is 0. The fraction of sp³-hybridized carbons (Fsp3) is 0.625. The third-order valence-electron chi connectivity index (χ3n) is 3.87. The molecule has 1 heterocycles. The van der Waals surface area contributed by atoms with Gasteiger partial charge in [-0.05, 0) is 31.0 Å². The van der Waals surface area contributed by atoms with Crippen molar-refractivity contribution < 1.29 is 17.9 Å². The van der Waals surface area contributed by atoms with E-state index in [0.717, 1.165) is 37.5 Å². The van der Waals surface area contributed by atoms with Crippen LogP contribution in [0.5, 0.6) is 5.75 Å². The molecule has 1 fully saturated rings. The molecule has 6 heteroatoms. The van der Waals surface area contributed by atoms with Crippen molar-refractivity contribution in [2.75, 3.05) is 32.8 Å². The maximum atomic E-state index is 12.6. The van der Waals surface area contributed by atoms with Gasteiger partial charge in [0, 0.05) is 38.6 Å². The summed E-state index contributed by atoms with van der Waals surface area (Å²) in [5, 5.41) is 3.24. The van der Waals surface area contributed by atoms with Crippen LogP contribution in [0.4, 0.5) is 13.2 Å². The molecule has 124 valence electrons. The number of nitrogens with one attached hydrogen (secondary N) is 1. The van der Waals surface area contributed by atoms with Gasteiger partial charge in [-0.3, -0.25) is 4.90 Å². The summed E-state index contributed by atoms with van der Waals surface area (Å²) >= 11 is 0. The van der Waals surface area contributed by atoms with Gasteiger partial charge in [0.2, 0.25) is 0 Å². The molecule has 3 nitrogen and oxygen atoms in total. The molecule has 0 spiro atoms. The maximum Gasteiger partial charge on any atom is 0.389 e. The second-order valence-corrected chi connectivity index (χ2v) is 5.46. The average molecular weight is 316 g/mol. The predicted octanol–water partition coefficient (Wildman–Crippen LogP) is 3.37. The number of nitrogens with zero attached hydrogens (tertiary/aromatic N) is 1. The fourth-order valence-electron chi connectivity index (χ4n) is 2.81. The molecule has 0 bridgehead atoms. The fourth-order valence-corrected chi connectivity index (χ4v) is 2.81. The van der Waals surface area contributed by atoms with Gasteiger partial charge in [-0.25, -0.2) is 0 Å². The molecule has 0 amide bonds. The molecule has 1 aliphatic rings. The molecule has 0 saturated carbocycles. The molecule has 1 aromatic rings. The summed E-state index contributed by atoms with van der Waals surface area (Å²) in [6.45, 7) is 5.67. The van der Waals surface area contributed by atoms with Crippen LogP contribution >= 0.6 is 0 Å². The minimum atomic E-state index is -4.11. The summed E-state index contributed by atoms with van der Waals surface area (Å²) in [6, 6.07) is 7.24. The molecule has 0 aliphatic carbocycles. The lowest BCUT2D eigenvalue weighted by Crippen LogP contribution is -2.45. The van der Waals surface area contributed by atoms with Crippen LogP contribution < -0.4 is 10.1 Å².